The molecule has 2 N–H and O–H groups in total. The topological polar surface area (TPSA) is 67.4 Å². The summed E-state index contributed by atoms with van der Waals surface area (Å²) in [6.07, 6.45) is -0.764. The summed E-state index contributed by atoms with van der Waals surface area (Å²) in [5.74, 6) is -0.939. The summed E-state index contributed by atoms with van der Waals surface area (Å²) in [6.45, 7) is 6.67. The molecule has 1 rings (SSSR count). The van der Waals surface area contributed by atoms with E-state index in [0.717, 1.165) is 0 Å². The van der Waals surface area contributed by atoms with Gasteiger partial charge in [0, 0.05) is 5.56 Å². The van der Waals surface area contributed by atoms with Gasteiger partial charge in [0.1, 0.15) is 11.4 Å². The maximum Gasteiger partial charge on any atom is 0.426 e. The molecule has 1 aromatic rings. The Kier molecular flexibility index (Phi) is 4.47. The Balaban J connectivity index is 2.56. The highest BCUT2D eigenvalue weighted by Crippen LogP contribution is 2.09. The number of hydrazine groups is 1. The Labute approximate surface area is 111 Å². The lowest BCUT2D eigenvalue weighted by Gasteiger charge is -2.19. The zero-order valence-corrected chi connectivity index (χ0v) is 11.3. The van der Waals surface area contributed by atoms with Gasteiger partial charge < -0.3 is 4.74 Å². The quantitative estimate of drug-likeness (QED) is 0.768. The Bertz CT molecular complexity index is 495. The molecule has 0 aliphatic heterocycles. The van der Waals surface area contributed by atoms with Crippen LogP contribution in [0.5, 0.6) is 0 Å². The predicted octanol–water partition coefficient (Wildman–Crippen LogP) is 2.30. The van der Waals surface area contributed by atoms with E-state index >= 15 is 0 Å². The van der Waals surface area contributed by atoms with Gasteiger partial charge in [-0.25, -0.2) is 14.6 Å². The van der Waals surface area contributed by atoms with Crippen LogP contribution in [-0.2, 0) is 4.74 Å². The van der Waals surface area contributed by atoms with E-state index in [1.54, 1.807) is 27.7 Å². The fraction of sp³-hybridized carbons (Fsp3) is 0.385. The molecule has 0 spiro atoms. The van der Waals surface area contributed by atoms with Crippen molar-refractivity contribution in [2.45, 2.75) is 33.3 Å². The summed E-state index contributed by atoms with van der Waals surface area (Å²) in [4.78, 5) is 23.0. The minimum absolute atomic E-state index is 0.245. The van der Waals surface area contributed by atoms with E-state index in [1.807, 2.05) is 0 Å². The van der Waals surface area contributed by atoms with Crippen molar-refractivity contribution < 1.29 is 18.7 Å². The monoisotopic (exact) mass is 268 g/mol. The van der Waals surface area contributed by atoms with Crippen molar-refractivity contribution in [2.75, 3.05) is 0 Å². The van der Waals surface area contributed by atoms with Crippen LogP contribution < -0.4 is 10.9 Å². The maximum absolute atomic E-state index is 13.0. The summed E-state index contributed by atoms with van der Waals surface area (Å²) >= 11 is 0. The van der Waals surface area contributed by atoms with Gasteiger partial charge in [0.25, 0.3) is 5.91 Å². The highest BCUT2D eigenvalue weighted by molar-refractivity contribution is 5.95. The summed E-state index contributed by atoms with van der Waals surface area (Å²) in [5.41, 5.74) is 4.24. The number of rotatable bonds is 1. The molecule has 0 radical (unpaired) electrons. The highest BCUT2D eigenvalue weighted by Gasteiger charge is 2.16. The zero-order valence-electron chi connectivity index (χ0n) is 11.3. The molecule has 0 bridgehead atoms. The Morgan fingerprint density at radius 3 is 2.37 bits per heavy atom. The van der Waals surface area contributed by atoms with Crippen LogP contribution in [-0.4, -0.2) is 17.6 Å². The second-order valence-electron chi connectivity index (χ2n) is 5.04. The van der Waals surface area contributed by atoms with E-state index in [2.05, 4.69) is 10.9 Å². The van der Waals surface area contributed by atoms with Crippen molar-refractivity contribution in [3.05, 3.63) is 35.1 Å². The summed E-state index contributed by atoms with van der Waals surface area (Å²) in [7, 11) is 0. The number of hydrogen-bond donors (Lipinski definition) is 2. The Hall–Kier alpha value is -2.11. The third-order valence-electron chi connectivity index (χ3n) is 2.10. The molecule has 0 atom stereocenters. The van der Waals surface area contributed by atoms with Crippen molar-refractivity contribution in [2.24, 2.45) is 0 Å². The first-order valence-corrected chi connectivity index (χ1v) is 5.74. The summed E-state index contributed by atoms with van der Waals surface area (Å²) in [6, 6.07) is 3.91. The third kappa shape index (κ3) is 4.95. The SMILES string of the molecule is Cc1cc(C(=O)NNC(=O)OC(C)(C)C)ccc1F. The number of aryl methyl sites for hydroxylation is 1. The molecule has 6 heteroatoms. The lowest BCUT2D eigenvalue weighted by Crippen LogP contribution is -2.44. The molecule has 0 saturated carbocycles. The van der Waals surface area contributed by atoms with Gasteiger partial charge in [0.2, 0.25) is 0 Å². The second kappa shape index (κ2) is 5.69. The van der Waals surface area contributed by atoms with Gasteiger partial charge in [-0.05, 0) is 51.5 Å². The molecule has 2 amide bonds. The molecule has 0 aliphatic rings. The molecule has 104 valence electrons. The normalized spacial score (nSPS) is 10.8. The standard InChI is InChI=1S/C13H17FN2O3/c1-8-7-9(5-6-10(8)14)11(17)15-16-12(18)19-13(2,3)4/h5-7H,1-4H3,(H,15,17)(H,16,18). The Morgan fingerprint density at radius 1 is 1.21 bits per heavy atom. The number of carbonyl (C=O) groups excluding carboxylic acids is 2. The molecule has 0 fully saturated rings. The minimum Gasteiger partial charge on any atom is -0.443 e. The van der Waals surface area contributed by atoms with E-state index in [1.165, 1.54) is 18.2 Å². The van der Waals surface area contributed by atoms with Crippen LogP contribution in [0.1, 0.15) is 36.7 Å². The fourth-order valence-corrected chi connectivity index (χ4v) is 1.27. The van der Waals surface area contributed by atoms with E-state index in [9.17, 15) is 14.0 Å². The number of halogens is 1. The number of ether oxygens (including phenoxy) is 1. The molecule has 19 heavy (non-hydrogen) atoms. The summed E-state index contributed by atoms with van der Waals surface area (Å²) in [5, 5.41) is 0. The molecule has 0 aromatic heterocycles. The number of amides is 2. The summed E-state index contributed by atoms with van der Waals surface area (Å²) < 4.78 is 18.0. The first-order chi connectivity index (χ1) is 8.69. The molecule has 1 aromatic carbocycles. The molecule has 5 nitrogen and oxygen atoms in total. The Morgan fingerprint density at radius 2 is 1.84 bits per heavy atom. The van der Waals surface area contributed by atoms with Crippen LogP contribution in [0.3, 0.4) is 0 Å². The lowest BCUT2D eigenvalue weighted by molar-refractivity contribution is 0.0483. The molecule has 0 unspecified atom stereocenters. The predicted molar refractivity (Wildman–Crippen MR) is 68.0 cm³/mol. The smallest absolute Gasteiger partial charge is 0.426 e. The van der Waals surface area contributed by atoms with Crippen LogP contribution in [0.4, 0.5) is 9.18 Å². The zero-order chi connectivity index (χ0) is 14.6. The van der Waals surface area contributed by atoms with E-state index < -0.39 is 23.4 Å². The maximum atomic E-state index is 13.0. The first kappa shape index (κ1) is 14.9. The molecule has 0 aliphatic carbocycles. The van der Waals surface area contributed by atoms with Crippen molar-refractivity contribution >= 4 is 12.0 Å². The van der Waals surface area contributed by atoms with Gasteiger partial charge in [-0.1, -0.05) is 0 Å². The fourth-order valence-electron chi connectivity index (χ4n) is 1.27. The van der Waals surface area contributed by atoms with Gasteiger partial charge in [0.15, 0.2) is 0 Å². The van der Waals surface area contributed by atoms with Gasteiger partial charge in [0.05, 0.1) is 0 Å². The van der Waals surface area contributed by atoms with Crippen molar-refractivity contribution in [1.82, 2.24) is 10.9 Å². The molecule has 0 heterocycles. The van der Waals surface area contributed by atoms with Gasteiger partial charge in [-0.3, -0.25) is 10.2 Å². The van der Waals surface area contributed by atoms with Crippen molar-refractivity contribution in [3.63, 3.8) is 0 Å². The molecular weight excluding hydrogens is 251 g/mol. The number of nitrogens with one attached hydrogen (secondary N) is 2. The first-order valence-electron chi connectivity index (χ1n) is 5.74. The number of carbonyl (C=O) groups is 2. The van der Waals surface area contributed by atoms with Crippen LogP contribution in [0.2, 0.25) is 0 Å². The van der Waals surface area contributed by atoms with E-state index in [0.29, 0.717) is 5.56 Å². The molecular formula is C13H17FN2O3. The largest absolute Gasteiger partial charge is 0.443 e. The van der Waals surface area contributed by atoms with Crippen LogP contribution in [0.15, 0.2) is 18.2 Å². The van der Waals surface area contributed by atoms with E-state index in [4.69, 9.17) is 4.74 Å². The van der Waals surface area contributed by atoms with Crippen molar-refractivity contribution in [1.29, 1.82) is 0 Å². The highest BCUT2D eigenvalue weighted by atomic mass is 19.1. The van der Waals surface area contributed by atoms with E-state index in [-0.39, 0.29) is 5.56 Å². The van der Waals surface area contributed by atoms with Gasteiger partial charge in [-0.15, -0.1) is 0 Å². The lowest BCUT2D eigenvalue weighted by atomic mass is 10.1. The second-order valence-corrected chi connectivity index (χ2v) is 5.04. The molecule has 0 saturated heterocycles. The number of benzene rings is 1. The van der Waals surface area contributed by atoms with Gasteiger partial charge >= 0.3 is 6.09 Å². The van der Waals surface area contributed by atoms with Crippen LogP contribution in [0, 0.1) is 12.7 Å². The van der Waals surface area contributed by atoms with Crippen molar-refractivity contribution in [3.8, 4) is 0 Å². The number of hydrogen-bond acceptors (Lipinski definition) is 3. The third-order valence-corrected chi connectivity index (χ3v) is 2.10. The minimum atomic E-state index is -0.764. The van der Waals surface area contributed by atoms with Crippen LogP contribution >= 0.6 is 0 Å². The van der Waals surface area contributed by atoms with Gasteiger partial charge in [-0.2, -0.15) is 0 Å². The average Bonchev–Trinajstić information content (AvgIpc) is 2.27. The van der Waals surface area contributed by atoms with Crippen LogP contribution in [0.25, 0.3) is 0 Å². The average molecular weight is 268 g/mol.